The zero-order valence-electron chi connectivity index (χ0n) is 10.1. The molecule has 2 rings (SSSR count). The van der Waals surface area contributed by atoms with Gasteiger partial charge in [-0.15, -0.1) is 0 Å². The van der Waals surface area contributed by atoms with Crippen LogP contribution in [0.25, 0.3) is 0 Å². The molecule has 0 radical (unpaired) electrons. The fourth-order valence-electron chi connectivity index (χ4n) is 2.09. The summed E-state index contributed by atoms with van der Waals surface area (Å²) in [5.74, 6) is -0.454. The van der Waals surface area contributed by atoms with Crippen molar-refractivity contribution in [1.82, 2.24) is 9.88 Å². The van der Waals surface area contributed by atoms with Crippen LogP contribution in [0.3, 0.4) is 0 Å². The van der Waals surface area contributed by atoms with Crippen LogP contribution in [-0.4, -0.2) is 47.1 Å². The van der Waals surface area contributed by atoms with E-state index in [-0.39, 0.29) is 11.6 Å². The third-order valence-corrected chi connectivity index (χ3v) is 3.00. The van der Waals surface area contributed by atoms with E-state index in [2.05, 4.69) is 22.2 Å². The third kappa shape index (κ3) is 2.74. The molecule has 1 unspecified atom stereocenters. The van der Waals surface area contributed by atoms with Crippen LogP contribution in [0.1, 0.15) is 22.5 Å². The van der Waals surface area contributed by atoms with E-state index >= 15 is 0 Å². The second-order valence-corrected chi connectivity index (χ2v) is 4.55. The molecule has 0 aliphatic carbocycles. The summed E-state index contributed by atoms with van der Waals surface area (Å²) in [7, 11) is 2.06. The lowest BCUT2D eigenvalue weighted by Gasteiger charge is -2.15. The first-order valence-corrected chi connectivity index (χ1v) is 5.72. The fraction of sp³-hybridized carbons (Fsp3) is 0.500. The Morgan fingerprint density at radius 2 is 2.35 bits per heavy atom. The highest BCUT2D eigenvalue weighted by atomic mass is 16.4. The van der Waals surface area contributed by atoms with Crippen LogP contribution < -0.4 is 5.32 Å². The van der Waals surface area contributed by atoms with Gasteiger partial charge in [-0.25, -0.2) is 9.78 Å². The molecule has 92 valence electrons. The summed E-state index contributed by atoms with van der Waals surface area (Å²) in [6.07, 6.45) is 1.02. The topological polar surface area (TPSA) is 65.5 Å². The van der Waals surface area contributed by atoms with Crippen molar-refractivity contribution in [3.8, 4) is 0 Å². The van der Waals surface area contributed by atoms with E-state index in [1.807, 2.05) is 6.92 Å². The smallest absolute Gasteiger partial charge is 0.339 e. The number of rotatable bonds is 3. The number of hydrogen-bond donors (Lipinski definition) is 2. The third-order valence-electron chi connectivity index (χ3n) is 3.00. The summed E-state index contributed by atoms with van der Waals surface area (Å²) in [6.45, 7) is 3.82. The summed E-state index contributed by atoms with van der Waals surface area (Å²) < 4.78 is 0. The van der Waals surface area contributed by atoms with Crippen LogP contribution >= 0.6 is 0 Å². The van der Waals surface area contributed by atoms with Gasteiger partial charge in [0.1, 0.15) is 11.4 Å². The number of pyridine rings is 1. The van der Waals surface area contributed by atoms with Gasteiger partial charge in [0.2, 0.25) is 0 Å². The van der Waals surface area contributed by atoms with Gasteiger partial charge in [-0.1, -0.05) is 0 Å². The van der Waals surface area contributed by atoms with Crippen molar-refractivity contribution in [3.05, 3.63) is 23.4 Å². The molecule has 1 aromatic rings. The number of nitrogens with one attached hydrogen (secondary N) is 1. The van der Waals surface area contributed by atoms with Crippen LogP contribution in [0.2, 0.25) is 0 Å². The quantitative estimate of drug-likeness (QED) is 0.824. The molecule has 5 nitrogen and oxygen atoms in total. The number of carboxylic acid groups (broad SMARTS) is 1. The largest absolute Gasteiger partial charge is 0.478 e. The molecule has 0 bridgehead atoms. The lowest BCUT2D eigenvalue weighted by atomic mass is 10.2. The summed E-state index contributed by atoms with van der Waals surface area (Å²) in [5, 5.41) is 12.3. The highest BCUT2D eigenvalue weighted by Crippen LogP contribution is 2.18. The van der Waals surface area contributed by atoms with Crippen molar-refractivity contribution in [2.45, 2.75) is 19.4 Å². The maximum Gasteiger partial charge on any atom is 0.339 e. The first kappa shape index (κ1) is 11.9. The minimum absolute atomic E-state index is 0.241. The van der Waals surface area contributed by atoms with Gasteiger partial charge in [0, 0.05) is 18.3 Å². The predicted octanol–water partition coefficient (Wildman–Crippen LogP) is 1.20. The molecule has 1 atom stereocenters. The number of aromatic nitrogens is 1. The van der Waals surface area contributed by atoms with Gasteiger partial charge in [-0.2, -0.15) is 0 Å². The average molecular weight is 235 g/mol. The van der Waals surface area contributed by atoms with E-state index in [1.54, 1.807) is 12.1 Å². The molecule has 0 saturated carbocycles. The van der Waals surface area contributed by atoms with Crippen molar-refractivity contribution < 1.29 is 9.90 Å². The van der Waals surface area contributed by atoms with Gasteiger partial charge in [0.25, 0.3) is 0 Å². The number of carboxylic acids is 1. The Labute approximate surface area is 100 Å². The summed E-state index contributed by atoms with van der Waals surface area (Å²) in [4.78, 5) is 17.6. The van der Waals surface area contributed by atoms with Crippen LogP contribution in [0.4, 0.5) is 5.82 Å². The Bertz CT molecular complexity index is 434. The van der Waals surface area contributed by atoms with Crippen molar-refractivity contribution in [3.63, 3.8) is 0 Å². The van der Waals surface area contributed by atoms with Crippen LogP contribution in [0, 0.1) is 6.92 Å². The Hall–Kier alpha value is -1.62. The average Bonchev–Trinajstić information content (AvgIpc) is 2.63. The van der Waals surface area contributed by atoms with E-state index in [0.717, 1.165) is 25.2 Å². The lowest BCUT2D eigenvalue weighted by Crippen LogP contribution is -2.25. The van der Waals surface area contributed by atoms with Gasteiger partial charge in [0.15, 0.2) is 0 Å². The minimum atomic E-state index is -0.939. The van der Waals surface area contributed by atoms with E-state index in [4.69, 9.17) is 5.11 Å². The number of likely N-dealkylation sites (N-methyl/N-ethyl adjacent to an activating group) is 1. The Morgan fingerprint density at radius 3 is 2.94 bits per heavy atom. The Balaban J connectivity index is 2.19. The van der Waals surface area contributed by atoms with E-state index in [0.29, 0.717) is 5.82 Å². The van der Waals surface area contributed by atoms with Crippen molar-refractivity contribution in [2.75, 3.05) is 25.5 Å². The van der Waals surface area contributed by atoms with Crippen molar-refractivity contribution in [1.29, 1.82) is 0 Å². The molecule has 1 aromatic heterocycles. The molecule has 0 amide bonds. The highest BCUT2D eigenvalue weighted by molar-refractivity contribution is 5.93. The molecule has 2 heterocycles. The summed E-state index contributed by atoms with van der Waals surface area (Å²) >= 11 is 0. The van der Waals surface area contributed by atoms with E-state index < -0.39 is 5.97 Å². The standard InChI is InChI=1S/C12H17N3O2/c1-8-3-4-10(12(16)17)11(13-8)14-9-5-6-15(2)7-9/h3-4,9H,5-7H2,1-2H3,(H,13,14)(H,16,17). The fourth-order valence-corrected chi connectivity index (χ4v) is 2.09. The Kier molecular flexibility index (Phi) is 3.28. The molecular formula is C12H17N3O2. The second kappa shape index (κ2) is 4.71. The number of anilines is 1. The number of nitrogens with zero attached hydrogens (tertiary/aromatic N) is 2. The highest BCUT2D eigenvalue weighted by Gasteiger charge is 2.21. The zero-order valence-corrected chi connectivity index (χ0v) is 10.1. The number of carbonyl (C=O) groups is 1. The molecule has 17 heavy (non-hydrogen) atoms. The first-order valence-electron chi connectivity index (χ1n) is 5.72. The van der Waals surface area contributed by atoms with Gasteiger partial charge in [0.05, 0.1) is 0 Å². The van der Waals surface area contributed by atoms with Crippen molar-refractivity contribution in [2.24, 2.45) is 0 Å². The molecule has 0 aromatic carbocycles. The molecule has 1 aliphatic rings. The van der Waals surface area contributed by atoms with E-state index in [1.165, 1.54) is 0 Å². The maximum absolute atomic E-state index is 11.1. The zero-order chi connectivity index (χ0) is 12.4. The normalized spacial score (nSPS) is 20.5. The molecular weight excluding hydrogens is 218 g/mol. The van der Waals surface area contributed by atoms with E-state index in [9.17, 15) is 4.79 Å². The molecule has 2 N–H and O–H groups in total. The SMILES string of the molecule is Cc1ccc(C(=O)O)c(NC2CCN(C)C2)n1. The first-order chi connectivity index (χ1) is 8.06. The van der Waals surface area contributed by atoms with Crippen LogP contribution in [0.5, 0.6) is 0 Å². The van der Waals surface area contributed by atoms with Gasteiger partial charge >= 0.3 is 5.97 Å². The molecule has 5 heteroatoms. The van der Waals surface area contributed by atoms with Crippen LogP contribution in [0.15, 0.2) is 12.1 Å². The number of aromatic carboxylic acids is 1. The van der Waals surface area contributed by atoms with Gasteiger partial charge in [-0.3, -0.25) is 0 Å². The summed E-state index contributed by atoms with van der Waals surface area (Å²) in [5.41, 5.74) is 1.06. The minimum Gasteiger partial charge on any atom is -0.478 e. The maximum atomic E-state index is 11.1. The molecule has 1 fully saturated rings. The monoisotopic (exact) mass is 235 g/mol. The van der Waals surface area contributed by atoms with Crippen molar-refractivity contribution >= 4 is 11.8 Å². The molecule has 1 aliphatic heterocycles. The van der Waals surface area contributed by atoms with Crippen LogP contribution in [-0.2, 0) is 0 Å². The Morgan fingerprint density at radius 1 is 1.59 bits per heavy atom. The van der Waals surface area contributed by atoms with Gasteiger partial charge < -0.3 is 15.3 Å². The molecule has 0 spiro atoms. The number of aryl methyl sites for hydroxylation is 1. The number of hydrogen-bond acceptors (Lipinski definition) is 4. The second-order valence-electron chi connectivity index (χ2n) is 4.55. The lowest BCUT2D eigenvalue weighted by molar-refractivity contribution is 0.0697. The van der Waals surface area contributed by atoms with Gasteiger partial charge in [-0.05, 0) is 39.1 Å². The summed E-state index contributed by atoms with van der Waals surface area (Å²) in [6, 6.07) is 3.61. The molecule has 1 saturated heterocycles. The predicted molar refractivity (Wildman–Crippen MR) is 65.5 cm³/mol. The number of likely N-dealkylation sites (tertiary alicyclic amines) is 1.